The number of carbonyl (C=O) groups is 1. The van der Waals surface area contributed by atoms with Crippen molar-refractivity contribution < 1.29 is 9.90 Å². The molecule has 0 unspecified atom stereocenters. The SMILES string of the molecule is O=C(O)CSc1ccc(-n2cccc2)nn1. The Labute approximate surface area is 96.1 Å². The van der Waals surface area contributed by atoms with E-state index >= 15 is 0 Å². The van der Waals surface area contributed by atoms with Gasteiger partial charge in [-0.2, -0.15) is 0 Å². The summed E-state index contributed by atoms with van der Waals surface area (Å²) >= 11 is 1.15. The van der Waals surface area contributed by atoms with Crippen molar-refractivity contribution in [1.82, 2.24) is 14.8 Å². The number of carboxylic acids is 1. The third-order valence-corrected chi connectivity index (χ3v) is 2.74. The molecule has 0 amide bonds. The average molecular weight is 235 g/mol. The highest BCUT2D eigenvalue weighted by Gasteiger charge is 2.02. The molecule has 0 fully saturated rings. The number of aliphatic carboxylic acids is 1. The Balaban J connectivity index is 2.08. The largest absolute Gasteiger partial charge is 0.481 e. The van der Waals surface area contributed by atoms with E-state index in [0.717, 1.165) is 11.8 Å². The minimum atomic E-state index is -0.860. The lowest BCUT2D eigenvalue weighted by atomic mass is 10.5. The second kappa shape index (κ2) is 4.80. The summed E-state index contributed by atoms with van der Waals surface area (Å²) in [5, 5.41) is 17.0. The molecule has 0 bridgehead atoms. The normalized spacial score (nSPS) is 10.2. The fraction of sp³-hybridized carbons (Fsp3) is 0.100. The van der Waals surface area contributed by atoms with E-state index in [1.165, 1.54) is 0 Å². The minimum Gasteiger partial charge on any atom is -0.481 e. The molecule has 0 aliphatic carbocycles. The molecule has 2 aromatic rings. The first-order valence-corrected chi connectivity index (χ1v) is 5.56. The van der Waals surface area contributed by atoms with E-state index in [1.54, 1.807) is 12.1 Å². The molecule has 6 heteroatoms. The van der Waals surface area contributed by atoms with Gasteiger partial charge < -0.3 is 9.67 Å². The Morgan fingerprint density at radius 2 is 2.06 bits per heavy atom. The number of rotatable bonds is 4. The first-order valence-electron chi connectivity index (χ1n) is 4.57. The van der Waals surface area contributed by atoms with Gasteiger partial charge in [0.1, 0.15) is 5.03 Å². The lowest BCUT2D eigenvalue weighted by Gasteiger charge is -2.01. The number of thioether (sulfide) groups is 1. The molecule has 0 atom stereocenters. The highest BCUT2D eigenvalue weighted by Crippen LogP contribution is 2.14. The predicted octanol–water partition coefficient (Wildman–Crippen LogP) is 1.44. The molecule has 1 N–H and O–H groups in total. The van der Waals surface area contributed by atoms with Crippen LogP contribution < -0.4 is 0 Å². The highest BCUT2D eigenvalue weighted by atomic mass is 32.2. The second-order valence-corrected chi connectivity index (χ2v) is 4.00. The van der Waals surface area contributed by atoms with Crippen molar-refractivity contribution in [3.8, 4) is 5.82 Å². The number of hydrogen-bond donors (Lipinski definition) is 1. The monoisotopic (exact) mass is 235 g/mol. The molecule has 0 saturated carbocycles. The fourth-order valence-electron chi connectivity index (χ4n) is 1.15. The van der Waals surface area contributed by atoms with Crippen LogP contribution in [0.3, 0.4) is 0 Å². The maximum absolute atomic E-state index is 10.4. The van der Waals surface area contributed by atoms with Crippen LogP contribution >= 0.6 is 11.8 Å². The van der Waals surface area contributed by atoms with Crippen LogP contribution in [0, 0.1) is 0 Å². The van der Waals surface area contributed by atoms with E-state index in [4.69, 9.17) is 5.11 Å². The molecule has 16 heavy (non-hydrogen) atoms. The Hall–Kier alpha value is -1.82. The van der Waals surface area contributed by atoms with Crippen LogP contribution in [0.5, 0.6) is 0 Å². The van der Waals surface area contributed by atoms with E-state index in [-0.39, 0.29) is 5.75 Å². The number of nitrogens with zero attached hydrogens (tertiary/aromatic N) is 3. The molecular formula is C10H9N3O2S. The van der Waals surface area contributed by atoms with E-state index < -0.39 is 5.97 Å². The van der Waals surface area contributed by atoms with Crippen LogP contribution in [-0.2, 0) is 4.79 Å². The highest BCUT2D eigenvalue weighted by molar-refractivity contribution is 7.99. The predicted molar refractivity (Wildman–Crippen MR) is 59.7 cm³/mol. The average Bonchev–Trinajstić information content (AvgIpc) is 2.80. The first kappa shape index (κ1) is 10.7. The molecule has 0 spiro atoms. The molecule has 2 heterocycles. The number of hydrogen-bond acceptors (Lipinski definition) is 4. The van der Waals surface area contributed by atoms with Crippen LogP contribution in [0.25, 0.3) is 5.82 Å². The zero-order valence-electron chi connectivity index (χ0n) is 8.28. The van der Waals surface area contributed by atoms with Crippen molar-refractivity contribution in [2.24, 2.45) is 0 Å². The van der Waals surface area contributed by atoms with Crippen molar-refractivity contribution in [3.05, 3.63) is 36.7 Å². The maximum atomic E-state index is 10.4. The molecule has 0 radical (unpaired) electrons. The smallest absolute Gasteiger partial charge is 0.313 e. The third-order valence-electron chi connectivity index (χ3n) is 1.84. The van der Waals surface area contributed by atoms with Gasteiger partial charge in [-0.05, 0) is 24.3 Å². The van der Waals surface area contributed by atoms with E-state index in [1.807, 2.05) is 29.1 Å². The molecule has 0 aliphatic heterocycles. The summed E-state index contributed by atoms with van der Waals surface area (Å²) in [6.45, 7) is 0. The Morgan fingerprint density at radius 1 is 1.31 bits per heavy atom. The zero-order valence-corrected chi connectivity index (χ0v) is 9.09. The minimum absolute atomic E-state index is 0.00243. The van der Waals surface area contributed by atoms with Gasteiger partial charge in [0.2, 0.25) is 0 Å². The molecule has 2 aromatic heterocycles. The van der Waals surface area contributed by atoms with Gasteiger partial charge in [0.15, 0.2) is 5.82 Å². The van der Waals surface area contributed by atoms with Crippen molar-refractivity contribution in [1.29, 1.82) is 0 Å². The molecule has 5 nitrogen and oxygen atoms in total. The molecular weight excluding hydrogens is 226 g/mol. The Bertz CT molecular complexity index is 467. The quantitative estimate of drug-likeness (QED) is 0.812. The molecule has 2 rings (SSSR count). The van der Waals surface area contributed by atoms with Crippen molar-refractivity contribution in [3.63, 3.8) is 0 Å². The summed E-state index contributed by atoms with van der Waals surface area (Å²) in [6.07, 6.45) is 3.74. The summed E-state index contributed by atoms with van der Waals surface area (Å²) in [6, 6.07) is 7.36. The van der Waals surface area contributed by atoms with E-state index in [0.29, 0.717) is 10.8 Å². The van der Waals surface area contributed by atoms with Gasteiger partial charge in [0.05, 0.1) is 5.75 Å². The summed E-state index contributed by atoms with van der Waals surface area (Å²) in [7, 11) is 0. The summed E-state index contributed by atoms with van der Waals surface area (Å²) in [5.41, 5.74) is 0. The summed E-state index contributed by atoms with van der Waals surface area (Å²) in [4.78, 5) is 10.4. The summed E-state index contributed by atoms with van der Waals surface area (Å²) < 4.78 is 1.83. The van der Waals surface area contributed by atoms with Gasteiger partial charge in [-0.25, -0.2) is 0 Å². The molecule has 0 aromatic carbocycles. The van der Waals surface area contributed by atoms with Crippen LogP contribution in [0.15, 0.2) is 41.7 Å². The standard InChI is InChI=1S/C10H9N3O2S/c14-10(15)7-16-9-4-3-8(11-12-9)13-5-1-2-6-13/h1-6H,7H2,(H,14,15). The van der Waals surface area contributed by atoms with Crippen molar-refractivity contribution >= 4 is 17.7 Å². The molecule has 82 valence electrons. The first-order chi connectivity index (χ1) is 7.75. The van der Waals surface area contributed by atoms with Gasteiger partial charge in [-0.15, -0.1) is 10.2 Å². The van der Waals surface area contributed by atoms with E-state index in [2.05, 4.69) is 10.2 Å². The fourth-order valence-corrected chi connectivity index (χ4v) is 1.68. The Kier molecular flexibility index (Phi) is 3.21. The molecule has 0 saturated heterocycles. The van der Waals surface area contributed by atoms with Crippen molar-refractivity contribution in [2.75, 3.05) is 5.75 Å². The van der Waals surface area contributed by atoms with E-state index in [9.17, 15) is 4.79 Å². The van der Waals surface area contributed by atoms with Gasteiger partial charge in [0.25, 0.3) is 0 Å². The van der Waals surface area contributed by atoms with Gasteiger partial charge in [0, 0.05) is 12.4 Å². The maximum Gasteiger partial charge on any atom is 0.313 e. The van der Waals surface area contributed by atoms with Crippen LogP contribution in [-0.4, -0.2) is 31.6 Å². The van der Waals surface area contributed by atoms with Gasteiger partial charge in [-0.1, -0.05) is 11.8 Å². The van der Waals surface area contributed by atoms with Crippen molar-refractivity contribution in [2.45, 2.75) is 5.03 Å². The zero-order chi connectivity index (χ0) is 11.4. The van der Waals surface area contributed by atoms with Crippen LogP contribution in [0.4, 0.5) is 0 Å². The second-order valence-electron chi connectivity index (χ2n) is 3.00. The lowest BCUT2D eigenvalue weighted by molar-refractivity contribution is -0.133. The molecule has 0 aliphatic rings. The van der Waals surface area contributed by atoms with Gasteiger partial charge in [-0.3, -0.25) is 4.79 Å². The Morgan fingerprint density at radius 3 is 2.62 bits per heavy atom. The topological polar surface area (TPSA) is 68.0 Å². The number of aromatic nitrogens is 3. The van der Waals surface area contributed by atoms with Gasteiger partial charge >= 0.3 is 5.97 Å². The summed E-state index contributed by atoms with van der Waals surface area (Å²) in [5.74, 6) is -0.150. The lowest BCUT2D eigenvalue weighted by Crippen LogP contribution is -2.00. The van der Waals surface area contributed by atoms with Crippen LogP contribution in [0.2, 0.25) is 0 Å². The number of carboxylic acid groups (broad SMARTS) is 1. The third kappa shape index (κ3) is 2.60. The van der Waals surface area contributed by atoms with Crippen LogP contribution in [0.1, 0.15) is 0 Å².